The number of hydrogen-bond donors (Lipinski definition) is 2. The number of rotatable bonds is 3. The van der Waals surface area contributed by atoms with Gasteiger partial charge in [0.15, 0.2) is 0 Å². The van der Waals surface area contributed by atoms with E-state index < -0.39 is 0 Å². The molecule has 0 saturated carbocycles. The Morgan fingerprint density at radius 3 is 2.71 bits per heavy atom. The molecule has 0 bridgehead atoms. The van der Waals surface area contributed by atoms with Crippen LogP contribution >= 0.6 is 0 Å². The molecule has 0 fully saturated rings. The molecule has 4 aromatic rings. The van der Waals surface area contributed by atoms with E-state index >= 15 is 0 Å². The number of nitrogens with zero attached hydrogens (tertiary/aromatic N) is 2. The highest BCUT2D eigenvalue weighted by atomic mass is 15.0. The average molecular weight is 366 g/mol. The van der Waals surface area contributed by atoms with Crippen LogP contribution in [-0.2, 0) is 6.42 Å². The van der Waals surface area contributed by atoms with Crippen LogP contribution in [0.1, 0.15) is 34.7 Å². The van der Waals surface area contributed by atoms with Crippen molar-refractivity contribution in [2.24, 2.45) is 0 Å². The molecule has 5 rings (SSSR count). The van der Waals surface area contributed by atoms with Gasteiger partial charge in [0.25, 0.3) is 0 Å². The predicted molar refractivity (Wildman–Crippen MR) is 115 cm³/mol. The monoisotopic (exact) mass is 366 g/mol. The van der Waals surface area contributed by atoms with E-state index in [0.29, 0.717) is 11.7 Å². The highest BCUT2D eigenvalue weighted by Crippen LogP contribution is 2.40. The van der Waals surface area contributed by atoms with Gasteiger partial charge in [-0.2, -0.15) is 0 Å². The summed E-state index contributed by atoms with van der Waals surface area (Å²) in [5.41, 5.74) is 13.2. The highest BCUT2D eigenvalue weighted by Gasteiger charge is 2.25. The Morgan fingerprint density at radius 2 is 1.82 bits per heavy atom. The summed E-state index contributed by atoms with van der Waals surface area (Å²) >= 11 is 0. The molecular formula is C24H22N4. The van der Waals surface area contributed by atoms with Crippen LogP contribution in [0.25, 0.3) is 10.9 Å². The fourth-order valence-electron chi connectivity index (χ4n) is 4.21. The van der Waals surface area contributed by atoms with Crippen LogP contribution in [0.2, 0.25) is 0 Å². The van der Waals surface area contributed by atoms with E-state index in [1.807, 2.05) is 37.3 Å². The van der Waals surface area contributed by atoms with Crippen molar-refractivity contribution in [2.75, 3.05) is 11.1 Å². The molecule has 4 nitrogen and oxygen atoms in total. The van der Waals surface area contributed by atoms with E-state index in [9.17, 15) is 0 Å². The third-order valence-corrected chi connectivity index (χ3v) is 5.54. The molecule has 2 aromatic heterocycles. The molecule has 3 N–H and O–H groups in total. The minimum Gasteiger partial charge on any atom is -0.383 e. The zero-order valence-corrected chi connectivity index (χ0v) is 15.8. The summed E-state index contributed by atoms with van der Waals surface area (Å²) < 4.78 is 0. The lowest BCUT2D eigenvalue weighted by molar-refractivity contribution is 0.788. The zero-order chi connectivity index (χ0) is 19.1. The first-order valence-corrected chi connectivity index (χ1v) is 9.66. The van der Waals surface area contributed by atoms with Crippen molar-refractivity contribution < 1.29 is 0 Å². The molecule has 28 heavy (non-hydrogen) atoms. The van der Waals surface area contributed by atoms with Gasteiger partial charge < -0.3 is 11.1 Å². The van der Waals surface area contributed by atoms with Crippen molar-refractivity contribution in [1.29, 1.82) is 0 Å². The molecule has 0 radical (unpaired) electrons. The van der Waals surface area contributed by atoms with Crippen molar-refractivity contribution in [3.8, 4) is 0 Å². The summed E-state index contributed by atoms with van der Waals surface area (Å²) in [6.07, 6.45) is 2.18. The van der Waals surface area contributed by atoms with Crippen LogP contribution in [0, 0.1) is 6.92 Å². The van der Waals surface area contributed by atoms with Gasteiger partial charge in [0.1, 0.15) is 11.6 Å². The molecule has 1 atom stereocenters. The fraction of sp³-hybridized carbons (Fsp3) is 0.167. The predicted octanol–water partition coefficient (Wildman–Crippen LogP) is 5.34. The van der Waals surface area contributed by atoms with E-state index in [1.54, 1.807) is 0 Å². The topological polar surface area (TPSA) is 63.8 Å². The largest absolute Gasteiger partial charge is 0.383 e. The van der Waals surface area contributed by atoms with E-state index in [4.69, 9.17) is 5.73 Å². The summed E-state index contributed by atoms with van der Waals surface area (Å²) in [6.45, 7) is 1.99. The lowest BCUT2D eigenvalue weighted by Gasteiger charge is -2.16. The molecule has 0 aliphatic heterocycles. The molecule has 2 heterocycles. The first-order valence-electron chi connectivity index (χ1n) is 9.66. The number of nitrogens with two attached hydrogens (primary N) is 1. The summed E-state index contributed by atoms with van der Waals surface area (Å²) in [5.74, 6) is 1.80. The Hall–Kier alpha value is -3.40. The maximum atomic E-state index is 6.37. The molecule has 2 aromatic carbocycles. The van der Waals surface area contributed by atoms with E-state index in [0.717, 1.165) is 46.5 Å². The molecule has 1 aliphatic rings. The number of hydrogen-bond acceptors (Lipinski definition) is 4. The highest BCUT2D eigenvalue weighted by molar-refractivity contribution is 5.86. The van der Waals surface area contributed by atoms with Crippen molar-refractivity contribution in [3.05, 3.63) is 89.1 Å². The standard InChI is InChI=1S/C24H22N4/c1-15-5-4-8-23(26-15)27-18-10-12-22-17(13-18)14-21(24(25)28-22)20-11-9-16-6-2-3-7-19(16)20/h2-8,10,12-14,20H,9,11H2,1H3,(H2,25,28)(H,26,27)/t20-/m1/s1. The second-order valence-corrected chi connectivity index (χ2v) is 7.45. The number of benzene rings is 2. The fourth-order valence-corrected chi connectivity index (χ4v) is 4.21. The Balaban J connectivity index is 1.54. The van der Waals surface area contributed by atoms with E-state index in [-0.39, 0.29) is 0 Å². The minimum absolute atomic E-state index is 0.322. The first-order chi connectivity index (χ1) is 13.7. The smallest absolute Gasteiger partial charge is 0.130 e. The van der Waals surface area contributed by atoms with E-state index in [2.05, 4.69) is 51.7 Å². The van der Waals surface area contributed by atoms with Gasteiger partial charge in [0, 0.05) is 28.2 Å². The van der Waals surface area contributed by atoms with Crippen molar-refractivity contribution in [3.63, 3.8) is 0 Å². The van der Waals surface area contributed by atoms with Gasteiger partial charge in [-0.1, -0.05) is 30.3 Å². The number of anilines is 3. The molecule has 0 spiro atoms. The van der Waals surface area contributed by atoms with Crippen molar-refractivity contribution >= 4 is 28.2 Å². The maximum absolute atomic E-state index is 6.37. The van der Waals surface area contributed by atoms with Crippen LogP contribution < -0.4 is 11.1 Å². The van der Waals surface area contributed by atoms with Crippen LogP contribution in [0.3, 0.4) is 0 Å². The molecule has 0 unspecified atom stereocenters. The Morgan fingerprint density at radius 1 is 0.929 bits per heavy atom. The Kier molecular flexibility index (Phi) is 3.97. The van der Waals surface area contributed by atoms with Gasteiger partial charge in [-0.3, -0.25) is 0 Å². The van der Waals surface area contributed by atoms with Crippen LogP contribution in [0.15, 0.2) is 66.7 Å². The Labute approximate surface area is 164 Å². The summed E-state index contributed by atoms with van der Waals surface area (Å²) in [6, 6.07) is 23.0. The normalized spacial score (nSPS) is 15.5. The quantitative estimate of drug-likeness (QED) is 0.513. The molecule has 1 aliphatic carbocycles. The minimum atomic E-state index is 0.322. The molecule has 4 heteroatoms. The number of pyridine rings is 2. The number of nitrogen functional groups attached to an aromatic ring is 1. The van der Waals surface area contributed by atoms with Gasteiger partial charge in [-0.05, 0) is 67.3 Å². The van der Waals surface area contributed by atoms with Crippen LogP contribution in [0.4, 0.5) is 17.3 Å². The van der Waals surface area contributed by atoms with Gasteiger partial charge in [-0.25, -0.2) is 9.97 Å². The molecule has 138 valence electrons. The van der Waals surface area contributed by atoms with E-state index in [1.165, 1.54) is 11.1 Å². The van der Waals surface area contributed by atoms with Gasteiger partial charge >= 0.3 is 0 Å². The SMILES string of the molecule is Cc1cccc(Nc2ccc3nc(N)c([C@@H]4CCc5ccccc54)cc3c2)n1. The van der Waals surface area contributed by atoms with Gasteiger partial charge in [0.05, 0.1) is 5.52 Å². The average Bonchev–Trinajstić information content (AvgIpc) is 3.12. The van der Waals surface area contributed by atoms with Gasteiger partial charge in [-0.15, -0.1) is 0 Å². The molecule has 0 amide bonds. The van der Waals surface area contributed by atoms with Crippen LogP contribution in [0.5, 0.6) is 0 Å². The zero-order valence-electron chi connectivity index (χ0n) is 15.8. The molecule has 0 saturated heterocycles. The third-order valence-electron chi connectivity index (χ3n) is 5.54. The van der Waals surface area contributed by atoms with Crippen molar-refractivity contribution in [2.45, 2.75) is 25.7 Å². The Bertz CT molecular complexity index is 1180. The summed E-state index contributed by atoms with van der Waals surface area (Å²) in [7, 11) is 0. The van der Waals surface area contributed by atoms with Crippen LogP contribution in [-0.4, -0.2) is 9.97 Å². The summed E-state index contributed by atoms with van der Waals surface area (Å²) in [5, 5.41) is 4.48. The number of fused-ring (bicyclic) bond motifs is 2. The summed E-state index contributed by atoms with van der Waals surface area (Å²) in [4.78, 5) is 9.21. The number of aryl methyl sites for hydroxylation is 2. The lowest BCUT2D eigenvalue weighted by Crippen LogP contribution is -2.04. The third kappa shape index (κ3) is 2.97. The second-order valence-electron chi connectivity index (χ2n) is 7.45. The number of nitrogens with one attached hydrogen (secondary N) is 1. The maximum Gasteiger partial charge on any atom is 0.130 e. The first kappa shape index (κ1) is 16.8. The number of aromatic nitrogens is 2. The lowest BCUT2D eigenvalue weighted by atomic mass is 9.92. The molecular weight excluding hydrogens is 344 g/mol. The second kappa shape index (κ2) is 6.64. The van der Waals surface area contributed by atoms with Gasteiger partial charge in [0.2, 0.25) is 0 Å². The van der Waals surface area contributed by atoms with Crippen molar-refractivity contribution in [1.82, 2.24) is 9.97 Å².